The fraction of sp³-hybridized carbons (Fsp3) is 0.300. The van der Waals surface area contributed by atoms with E-state index in [1.165, 1.54) is 17.4 Å². The maximum absolute atomic E-state index is 12.5. The largest absolute Gasteiger partial charge is 0.494 e. The van der Waals surface area contributed by atoms with E-state index in [1.807, 2.05) is 6.07 Å². The average Bonchev–Trinajstić information content (AvgIpc) is 3.06. The molecular formula is C20H22N2O4S2. The second-order valence-corrected chi connectivity index (χ2v) is 9.50. The van der Waals surface area contributed by atoms with Crippen molar-refractivity contribution >= 4 is 42.4 Å². The van der Waals surface area contributed by atoms with Crippen LogP contribution in [0.1, 0.15) is 36.5 Å². The number of unbranched alkanes of at least 4 members (excludes halogenated alkanes) is 2. The number of anilines is 1. The molecule has 0 bridgehead atoms. The van der Waals surface area contributed by atoms with Crippen molar-refractivity contribution in [3.63, 3.8) is 0 Å². The summed E-state index contributed by atoms with van der Waals surface area (Å²) in [6.07, 6.45) is 4.38. The van der Waals surface area contributed by atoms with Crippen molar-refractivity contribution in [1.82, 2.24) is 4.98 Å². The third kappa shape index (κ3) is 5.08. The molecule has 0 radical (unpaired) electrons. The van der Waals surface area contributed by atoms with Gasteiger partial charge in [0.25, 0.3) is 5.91 Å². The molecule has 2 aromatic carbocycles. The third-order valence-corrected chi connectivity index (χ3v) is 6.17. The van der Waals surface area contributed by atoms with Crippen LogP contribution in [0.2, 0.25) is 0 Å². The summed E-state index contributed by atoms with van der Waals surface area (Å²) in [4.78, 5) is 17.1. The topological polar surface area (TPSA) is 85.4 Å². The molecule has 0 spiro atoms. The number of amides is 1. The maximum atomic E-state index is 12.5. The summed E-state index contributed by atoms with van der Waals surface area (Å²) < 4.78 is 29.8. The number of thiazole rings is 1. The smallest absolute Gasteiger partial charge is 0.257 e. The Kier molecular flexibility index (Phi) is 6.31. The van der Waals surface area contributed by atoms with Crippen LogP contribution in [0.25, 0.3) is 10.2 Å². The van der Waals surface area contributed by atoms with Gasteiger partial charge in [-0.2, -0.15) is 0 Å². The zero-order chi connectivity index (χ0) is 20.1. The highest BCUT2D eigenvalue weighted by Crippen LogP contribution is 2.28. The van der Waals surface area contributed by atoms with E-state index in [0.717, 1.165) is 25.5 Å². The first-order valence-corrected chi connectivity index (χ1v) is 11.7. The predicted octanol–water partition coefficient (Wildman–Crippen LogP) is 4.52. The van der Waals surface area contributed by atoms with Crippen molar-refractivity contribution in [3.8, 4) is 5.75 Å². The number of nitrogens with zero attached hydrogens (tertiary/aromatic N) is 1. The van der Waals surface area contributed by atoms with Crippen LogP contribution in [0.5, 0.6) is 5.75 Å². The van der Waals surface area contributed by atoms with Gasteiger partial charge in [0.1, 0.15) is 5.75 Å². The molecule has 1 aromatic heterocycles. The molecule has 0 fully saturated rings. The van der Waals surface area contributed by atoms with Crippen LogP contribution in [0.4, 0.5) is 5.13 Å². The molecule has 28 heavy (non-hydrogen) atoms. The number of ether oxygens (including phenoxy) is 1. The minimum absolute atomic E-state index is 0.231. The molecule has 8 heteroatoms. The number of hydrogen-bond acceptors (Lipinski definition) is 6. The molecule has 0 aliphatic heterocycles. The molecule has 0 aliphatic rings. The lowest BCUT2D eigenvalue weighted by atomic mass is 10.2. The number of benzene rings is 2. The maximum Gasteiger partial charge on any atom is 0.257 e. The highest BCUT2D eigenvalue weighted by atomic mass is 32.2. The molecule has 148 valence electrons. The van der Waals surface area contributed by atoms with Gasteiger partial charge in [-0.25, -0.2) is 13.4 Å². The van der Waals surface area contributed by atoms with Crippen LogP contribution in [0.3, 0.4) is 0 Å². The number of sulfone groups is 1. The molecule has 0 saturated carbocycles. The van der Waals surface area contributed by atoms with Crippen LogP contribution in [-0.2, 0) is 9.84 Å². The number of hydrogen-bond donors (Lipinski definition) is 1. The van der Waals surface area contributed by atoms with Crippen LogP contribution < -0.4 is 10.1 Å². The van der Waals surface area contributed by atoms with Gasteiger partial charge in [-0.3, -0.25) is 10.1 Å². The molecule has 3 rings (SSSR count). The molecule has 0 atom stereocenters. The second kappa shape index (κ2) is 8.70. The number of rotatable bonds is 8. The lowest BCUT2D eigenvalue weighted by Crippen LogP contribution is -2.11. The van der Waals surface area contributed by atoms with Crippen molar-refractivity contribution in [3.05, 3.63) is 48.0 Å². The lowest BCUT2D eigenvalue weighted by Gasteiger charge is -2.07. The van der Waals surface area contributed by atoms with E-state index in [1.54, 1.807) is 30.3 Å². The number of nitrogens with one attached hydrogen (secondary N) is 1. The molecular weight excluding hydrogens is 396 g/mol. The molecule has 0 unspecified atom stereocenters. The number of aromatic nitrogens is 1. The highest BCUT2D eigenvalue weighted by Gasteiger charge is 2.13. The summed E-state index contributed by atoms with van der Waals surface area (Å²) in [7, 11) is -3.29. The number of fused-ring (bicyclic) bond motifs is 1. The zero-order valence-electron chi connectivity index (χ0n) is 15.8. The molecule has 1 heterocycles. The first-order chi connectivity index (χ1) is 13.4. The van der Waals surface area contributed by atoms with Crippen LogP contribution in [0, 0.1) is 0 Å². The quantitative estimate of drug-likeness (QED) is 0.544. The van der Waals surface area contributed by atoms with E-state index >= 15 is 0 Å². The Hall–Kier alpha value is -2.45. The monoisotopic (exact) mass is 418 g/mol. The van der Waals surface area contributed by atoms with Gasteiger partial charge in [0.05, 0.1) is 21.7 Å². The number of carbonyl (C=O) groups excluding carboxylic acids is 1. The summed E-state index contributed by atoms with van der Waals surface area (Å²) in [6.45, 7) is 2.76. The van der Waals surface area contributed by atoms with Crippen molar-refractivity contribution in [2.45, 2.75) is 31.1 Å². The van der Waals surface area contributed by atoms with Gasteiger partial charge in [-0.1, -0.05) is 37.2 Å². The average molecular weight is 419 g/mol. The molecule has 1 amide bonds. The van der Waals surface area contributed by atoms with Gasteiger partial charge in [0, 0.05) is 11.8 Å². The van der Waals surface area contributed by atoms with Crippen molar-refractivity contribution < 1.29 is 17.9 Å². The third-order valence-electron chi connectivity index (χ3n) is 4.12. The summed E-state index contributed by atoms with van der Waals surface area (Å²) in [6, 6.07) is 11.8. The van der Waals surface area contributed by atoms with Gasteiger partial charge in [-0.05, 0) is 42.8 Å². The summed E-state index contributed by atoms with van der Waals surface area (Å²) in [5.41, 5.74) is 1.12. The van der Waals surface area contributed by atoms with Crippen molar-refractivity contribution in [2.75, 3.05) is 18.2 Å². The van der Waals surface area contributed by atoms with Crippen molar-refractivity contribution in [2.24, 2.45) is 0 Å². The highest BCUT2D eigenvalue weighted by molar-refractivity contribution is 7.90. The Morgan fingerprint density at radius 3 is 2.75 bits per heavy atom. The second-order valence-electron chi connectivity index (χ2n) is 6.46. The minimum atomic E-state index is -3.29. The van der Waals surface area contributed by atoms with E-state index in [4.69, 9.17) is 4.74 Å². The van der Waals surface area contributed by atoms with Crippen LogP contribution in [-0.4, -0.2) is 32.2 Å². The van der Waals surface area contributed by atoms with E-state index in [-0.39, 0.29) is 10.8 Å². The van der Waals surface area contributed by atoms with Crippen LogP contribution in [0.15, 0.2) is 47.4 Å². The first kappa shape index (κ1) is 20.3. The van der Waals surface area contributed by atoms with Gasteiger partial charge < -0.3 is 4.74 Å². The Morgan fingerprint density at radius 2 is 2.00 bits per heavy atom. The van der Waals surface area contributed by atoms with E-state index < -0.39 is 9.84 Å². The fourth-order valence-electron chi connectivity index (χ4n) is 2.63. The van der Waals surface area contributed by atoms with Gasteiger partial charge in [-0.15, -0.1) is 0 Å². The molecule has 0 saturated heterocycles. The standard InChI is InChI=1S/C20H22N2O4S2/c1-3-4-5-11-26-15-8-6-7-14(12-15)19(23)22-20-21-17-10-9-16(28(2,24)25)13-18(17)27-20/h6-10,12-13H,3-5,11H2,1-2H3,(H,21,22,23). The van der Waals surface area contributed by atoms with Gasteiger partial charge in [0.2, 0.25) is 0 Å². The molecule has 6 nitrogen and oxygen atoms in total. The Morgan fingerprint density at radius 1 is 1.18 bits per heavy atom. The first-order valence-electron chi connectivity index (χ1n) is 9.01. The number of carbonyl (C=O) groups is 1. The van der Waals surface area contributed by atoms with E-state index in [2.05, 4.69) is 17.2 Å². The van der Waals surface area contributed by atoms with Gasteiger partial charge >= 0.3 is 0 Å². The lowest BCUT2D eigenvalue weighted by molar-refractivity contribution is 0.102. The Labute approximate surface area is 168 Å². The Balaban J connectivity index is 1.72. The van der Waals surface area contributed by atoms with Gasteiger partial charge in [0.15, 0.2) is 15.0 Å². The van der Waals surface area contributed by atoms with E-state index in [0.29, 0.717) is 33.3 Å². The summed E-state index contributed by atoms with van der Waals surface area (Å²) in [5, 5.41) is 3.19. The molecule has 0 aliphatic carbocycles. The normalized spacial score (nSPS) is 11.5. The van der Waals surface area contributed by atoms with Crippen LogP contribution >= 0.6 is 11.3 Å². The molecule has 3 aromatic rings. The molecule has 1 N–H and O–H groups in total. The van der Waals surface area contributed by atoms with Crippen molar-refractivity contribution in [1.29, 1.82) is 0 Å². The predicted molar refractivity (Wildman–Crippen MR) is 112 cm³/mol. The zero-order valence-corrected chi connectivity index (χ0v) is 17.4. The Bertz CT molecular complexity index is 1090. The summed E-state index contributed by atoms with van der Waals surface area (Å²) in [5.74, 6) is 0.368. The summed E-state index contributed by atoms with van der Waals surface area (Å²) >= 11 is 1.24. The minimum Gasteiger partial charge on any atom is -0.494 e. The fourth-order valence-corrected chi connectivity index (χ4v) is 4.25. The SMILES string of the molecule is CCCCCOc1cccc(C(=O)Nc2nc3ccc(S(C)(=O)=O)cc3s2)c1. The van der Waals surface area contributed by atoms with E-state index in [9.17, 15) is 13.2 Å².